The number of hydrogen-bond donors (Lipinski definition) is 1. The highest BCUT2D eigenvalue weighted by atomic mass is 35.5. The Morgan fingerprint density at radius 1 is 1.09 bits per heavy atom. The molecule has 0 unspecified atom stereocenters. The largest absolute Gasteiger partial charge is 0.403 e. The van der Waals surface area contributed by atoms with Gasteiger partial charge in [-0.05, 0) is 48.5 Å². The van der Waals surface area contributed by atoms with Gasteiger partial charge in [0.05, 0.1) is 11.6 Å². The standard InChI is InChI=1S/C16H9ClN4O2/c17-13-7-5-12(6-8-13)15-20-21-16(23-15)19-14(22)11-3-1-10(9-18)2-4-11/h1-8H,(H,19,21,22). The van der Waals surface area contributed by atoms with E-state index in [-0.39, 0.29) is 11.9 Å². The van der Waals surface area contributed by atoms with E-state index in [4.69, 9.17) is 21.3 Å². The number of nitrogens with one attached hydrogen (secondary N) is 1. The average Bonchev–Trinajstić information content (AvgIpc) is 3.04. The van der Waals surface area contributed by atoms with Gasteiger partial charge in [0.2, 0.25) is 5.89 Å². The second-order valence-electron chi connectivity index (χ2n) is 4.56. The monoisotopic (exact) mass is 324 g/mol. The zero-order valence-electron chi connectivity index (χ0n) is 11.7. The molecule has 0 atom stereocenters. The molecule has 1 amide bonds. The van der Waals surface area contributed by atoms with Crippen molar-refractivity contribution in [2.24, 2.45) is 0 Å². The van der Waals surface area contributed by atoms with Crippen molar-refractivity contribution in [1.82, 2.24) is 10.2 Å². The molecule has 6 nitrogen and oxygen atoms in total. The third-order valence-corrected chi connectivity index (χ3v) is 3.26. The Labute approximate surface area is 136 Å². The molecule has 1 N–H and O–H groups in total. The highest BCUT2D eigenvalue weighted by molar-refractivity contribution is 6.30. The molecule has 0 aliphatic rings. The van der Waals surface area contributed by atoms with E-state index >= 15 is 0 Å². The first-order valence-electron chi connectivity index (χ1n) is 6.56. The zero-order chi connectivity index (χ0) is 16.2. The second kappa shape index (κ2) is 6.30. The minimum atomic E-state index is -0.402. The molecule has 0 aliphatic heterocycles. The molecule has 1 aromatic heterocycles. The Balaban J connectivity index is 1.74. The van der Waals surface area contributed by atoms with Crippen molar-refractivity contribution in [1.29, 1.82) is 5.26 Å². The van der Waals surface area contributed by atoms with Gasteiger partial charge >= 0.3 is 6.01 Å². The highest BCUT2D eigenvalue weighted by Crippen LogP contribution is 2.21. The molecule has 0 fully saturated rings. The molecular formula is C16H9ClN4O2. The van der Waals surface area contributed by atoms with Crippen LogP contribution in [0.25, 0.3) is 11.5 Å². The number of nitriles is 1. The number of amides is 1. The van der Waals surface area contributed by atoms with Crippen molar-refractivity contribution in [2.75, 3.05) is 5.32 Å². The summed E-state index contributed by atoms with van der Waals surface area (Å²) < 4.78 is 5.40. The number of hydrogen-bond acceptors (Lipinski definition) is 5. The van der Waals surface area contributed by atoms with Gasteiger partial charge in [-0.15, -0.1) is 5.10 Å². The van der Waals surface area contributed by atoms with Crippen LogP contribution in [0.3, 0.4) is 0 Å². The summed E-state index contributed by atoms with van der Waals surface area (Å²) >= 11 is 5.82. The first-order valence-corrected chi connectivity index (χ1v) is 6.94. The van der Waals surface area contributed by atoms with Crippen LogP contribution in [0.15, 0.2) is 52.9 Å². The lowest BCUT2D eigenvalue weighted by Crippen LogP contribution is -2.11. The molecule has 112 valence electrons. The fraction of sp³-hybridized carbons (Fsp3) is 0. The molecule has 0 bridgehead atoms. The van der Waals surface area contributed by atoms with Gasteiger partial charge in [-0.25, -0.2) is 0 Å². The quantitative estimate of drug-likeness (QED) is 0.795. The van der Waals surface area contributed by atoms with E-state index in [1.54, 1.807) is 48.5 Å². The van der Waals surface area contributed by atoms with Gasteiger partial charge in [-0.3, -0.25) is 10.1 Å². The van der Waals surface area contributed by atoms with E-state index in [0.29, 0.717) is 21.7 Å². The molecule has 0 saturated heterocycles. The maximum absolute atomic E-state index is 12.1. The first kappa shape index (κ1) is 14.8. The smallest absolute Gasteiger partial charge is 0.322 e. The predicted octanol–water partition coefficient (Wildman–Crippen LogP) is 3.51. The normalized spacial score (nSPS) is 10.1. The van der Waals surface area contributed by atoms with E-state index in [1.807, 2.05) is 6.07 Å². The van der Waals surface area contributed by atoms with Crippen molar-refractivity contribution in [2.45, 2.75) is 0 Å². The summed E-state index contributed by atoms with van der Waals surface area (Å²) in [4.78, 5) is 12.1. The van der Waals surface area contributed by atoms with Gasteiger partial charge in [0.25, 0.3) is 5.91 Å². The lowest BCUT2D eigenvalue weighted by Gasteiger charge is -2.00. The van der Waals surface area contributed by atoms with Crippen molar-refractivity contribution < 1.29 is 9.21 Å². The van der Waals surface area contributed by atoms with Crippen LogP contribution in [0.4, 0.5) is 6.01 Å². The Morgan fingerprint density at radius 2 is 1.78 bits per heavy atom. The molecule has 3 rings (SSSR count). The van der Waals surface area contributed by atoms with Gasteiger partial charge in [0.1, 0.15) is 0 Å². The highest BCUT2D eigenvalue weighted by Gasteiger charge is 2.12. The van der Waals surface area contributed by atoms with Crippen LogP contribution in [0.5, 0.6) is 0 Å². The van der Waals surface area contributed by atoms with E-state index in [9.17, 15) is 4.79 Å². The predicted molar refractivity (Wildman–Crippen MR) is 83.9 cm³/mol. The van der Waals surface area contributed by atoms with Crippen LogP contribution in [-0.4, -0.2) is 16.1 Å². The van der Waals surface area contributed by atoms with Crippen LogP contribution in [-0.2, 0) is 0 Å². The second-order valence-corrected chi connectivity index (χ2v) is 5.00. The van der Waals surface area contributed by atoms with E-state index in [2.05, 4.69) is 15.5 Å². The number of carbonyl (C=O) groups excluding carboxylic acids is 1. The zero-order valence-corrected chi connectivity index (χ0v) is 12.4. The van der Waals surface area contributed by atoms with Gasteiger partial charge in [-0.1, -0.05) is 16.7 Å². The molecule has 7 heteroatoms. The number of halogens is 1. The third kappa shape index (κ3) is 3.36. The Bertz CT molecular complexity index is 880. The molecule has 0 spiro atoms. The Morgan fingerprint density at radius 3 is 2.43 bits per heavy atom. The van der Waals surface area contributed by atoms with Gasteiger partial charge < -0.3 is 4.42 Å². The molecular weight excluding hydrogens is 316 g/mol. The maximum atomic E-state index is 12.1. The van der Waals surface area contributed by atoms with Crippen LogP contribution < -0.4 is 5.32 Å². The maximum Gasteiger partial charge on any atom is 0.322 e. The fourth-order valence-electron chi connectivity index (χ4n) is 1.85. The van der Waals surface area contributed by atoms with Crippen LogP contribution in [0.1, 0.15) is 15.9 Å². The molecule has 3 aromatic rings. The summed E-state index contributed by atoms with van der Waals surface area (Å²) in [5.74, 6) is -0.127. The number of anilines is 1. The van der Waals surface area contributed by atoms with Gasteiger partial charge in [0, 0.05) is 16.1 Å². The van der Waals surface area contributed by atoms with Crippen molar-refractivity contribution in [3.8, 4) is 17.5 Å². The number of rotatable bonds is 3. The van der Waals surface area contributed by atoms with E-state index < -0.39 is 5.91 Å². The molecule has 1 heterocycles. The SMILES string of the molecule is N#Cc1ccc(C(=O)Nc2nnc(-c3ccc(Cl)cc3)o2)cc1. The van der Waals surface area contributed by atoms with E-state index in [1.165, 1.54) is 0 Å². The van der Waals surface area contributed by atoms with Gasteiger partial charge in [0.15, 0.2) is 0 Å². The minimum Gasteiger partial charge on any atom is -0.403 e. The average molecular weight is 325 g/mol. The minimum absolute atomic E-state index is 0.00990. The number of benzene rings is 2. The lowest BCUT2D eigenvalue weighted by atomic mass is 10.1. The summed E-state index contributed by atoms with van der Waals surface area (Å²) in [6.07, 6.45) is 0. The van der Waals surface area contributed by atoms with Crippen LogP contribution in [0.2, 0.25) is 5.02 Å². The fourth-order valence-corrected chi connectivity index (χ4v) is 1.97. The summed E-state index contributed by atoms with van der Waals surface area (Å²) in [6, 6.07) is 15.1. The van der Waals surface area contributed by atoms with E-state index in [0.717, 1.165) is 0 Å². The lowest BCUT2D eigenvalue weighted by molar-refractivity contribution is 0.102. The van der Waals surface area contributed by atoms with Crippen LogP contribution >= 0.6 is 11.6 Å². The van der Waals surface area contributed by atoms with Crippen molar-refractivity contribution >= 4 is 23.5 Å². The summed E-state index contributed by atoms with van der Waals surface area (Å²) in [7, 11) is 0. The van der Waals surface area contributed by atoms with Crippen LogP contribution in [0, 0.1) is 11.3 Å². The topological polar surface area (TPSA) is 91.8 Å². The number of aromatic nitrogens is 2. The first-order chi connectivity index (χ1) is 11.2. The molecule has 0 aliphatic carbocycles. The molecule has 0 saturated carbocycles. The molecule has 0 radical (unpaired) electrons. The summed E-state index contributed by atoms with van der Waals surface area (Å²) in [5.41, 5.74) is 1.56. The summed E-state index contributed by atoms with van der Waals surface area (Å²) in [6.45, 7) is 0. The van der Waals surface area contributed by atoms with Crippen molar-refractivity contribution in [3.05, 3.63) is 64.7 Å². The number of nitrogens with zero attached hydrogens (tertiary/aromatic N) is 3. The molecule has 23 heavy (non-hydrogen) atoms. The summed E-state index contributed by atoms with van der Waals surface area (Å²) in [5, 5.41) is 19.5. The third-order valence-electron chi connectivity index (χ3n) is 3.01. The Kier molecular flexibility index (Phi) is 4.04. The number of carbonyl (C=O) groups is 1. The Hall–Kier alpha value is -3.17. The van der Waals surface area contributed by atoms with Gasteiger partial charge in [-0.2, -0.15) is 5.26 Å². The van der Waals surface area contributed by atoms with Crippen molar-refractivity contribution in [3.63, 3.8) is 0 Å². The molecule has 2 aromatic carbocycles.